The van der Waals surface area contributed by atoms with Crippen molar-refractivity contribution in [3.8, 4) is 0 Å². The molecule has 0 amide bonds. The predicted molar refractivity (Wildman–Crippen MR) is 127 cm³/mol. The normalized spacial score (nSPS) is 26.6. The highest BCUT2D eigenvalue weighted by Crippen LogP contribution is 2.44. The molecule has 3 fully saturated rings. The molecular weight excluding hydrogens is 396 g/mol. The molecule has 4 nitrogen and oxygen atoms in total. The van der Waals surface area contributed by atoms with E-state index in [0.29, 0.717) is 0 Å². The first kappa shape index (κ1) is 21.1. The lowest BCUT2D eigenvalue weighted by atomic mass is 9.72. The second-order valence-electron chi connectivity index (χ2n) is 9.42. The molecule has 6 rings (SSSR count). The van der Waals surface area contributed by atoms with Gasteiger partial charge in [-0.25, -0.2) is 0 Å². The van der Waals surface area contributed by atoms with E-state index in [0.717, 1.165) is 53.4 Å². The van der Waals surface area contributed by atoms with Gasteiger partial charge < -0.3 is 4.74 Å². The van der Waals surface area contributed by atoms with Crippen LogP contribution in [0.1, 0.15) is 56.3 Å². The first-order chi connectivity index (χ1) is 15.7. The molecule has 3 aromatic rings. The smallest absolute Gasteiger partial charge is 0.313 e. The van der Waals surface area contributed by atoms with Gasteiger partial charge in [-0.05, 0) is 55.8 Å². The maximum absolute atomic E-state index is 13.4. The van der Waals surface area contributed by atoms with Gasteiger partial charge in [0.25, 0.3) is 0 Å². The van der Waals surface area contributed by atoms with E-state index in [2.05, 4.69) is 22.9 Å². The SMILES string of the molecule is CC[C@H]1CN2CC[C@H]1C[C@H]2[C@H](OC(=O)C(C)c1ccccc1)c1ccnc2ccccc12. The quantitative estimate of drug-likeness (QED) is 0.469. The molecule has 1 aromatic heterocycles. The van der Waals surface area contributed by atoms with E-state index in [1.165, 1.54) is 12.8 Å². The topological polar surface area (TPSA) is 42.4 Å². The number of pyridine rings is 1. The molecule has 0 spiro atoms. The monoisotopic (exact) mass is 428 g/mol. The lowest BCUT2D eigenvalue weighted by Gasteiger charge is -2.51. The van der Waals surface area contributed by atoms with Gasteiger partial charge in [-0.15, -0.1) is 0 Å². The molecular formula is C28H32N2O2. The lowest BCUT2D eigenvalue weighted by molar-refractivity contribution is -0.159. The van der Waals surface area contributed by atoms with Crippen LogP contribution < -0.4 is 0 Å². The fraction of sp³-hybridized carbons (Fsp3) is 0.429. The number of aromatic nitrogens is 1. The Kier molecular flexibility index (Phi) is 5.97. The summed E-state index contributed by atoms with van der Waals surface area (Å²) in [5.74, 6) is 1.02. The molecule has 2 bridgehead atoms. The number of para-hydroxylation sites is 1. The summed E-state index contributed by atoms with van der Waals surface area (Å²) in [4.78, 5) is 20.5. The van der Waals surface area contributed by atoms with Crippen molar-refractivity contribution in [2.45, 2.75) is 51.2 Å². The summed E-state index contributed by atoms with van der Waals surface area (Å²) in [6.45, 7) is 6.45. The van der Waals surface area contributed by atoms with E-state index in [-0.39, 0.29) is 24.0 Å². The van der Waals surface area contributed by atoms with Crippen molar-refractivity contribution >= 4 is 16.9 Å². The van der Waals surface area contributed by atoms with Gasteiger partial charge in [-0.3, -0.25) is 14.7 Å². The molecule has 0 saturated carbocycles. The minimum Gasteiger partial charge on any atom is -0.455 e. The Balaban J connectivity index is 1.50. The number of benzene rings is 2. The second-order valence-corrected chi connectivity index (χ2v) is 9.42. The van der Waals surface area contributed by atoms with Gasteiger partial charge in [-0.1, -0.05) is 61.9 Å². The summed E-state index contributed by atoms with van der Waals surface area (Å²) in [6.07, 6.45) is 5.13. The maximum atomic E-state index is 13.4. The number of esters is 1. The molecule has 3 aliphatic rings. The highest BCUT2D eigenvalue weighted by molar-refractivity contribution is 5.83. The number of carbonyl (C=O) groups is 1. The van der Waals surface area contributed by atoms with Crippen LogP contribution in [-0.4, -0.2) is 35.0 Å². The largest absolute Gasteiger partial charge is 0.455 e. The number of carbonyl (C=O) groups excluding carboxylic acids is 1. The van der Waals surface area contributed by atoms with Crippen molar-refractivity contribution in [2.24, 2.45) is 11.8 Å². The highest BCUT2D eigenvalue weighted by Gasteiger charge is 2.44. The van der Waals surface area contributed by atoms with Gasteiger partial charge in [0.15, 0.2) is 0 Å². The summed E-state index contributed by atoms with van der Waals surface area (Å²) < 4.78 is 6.41. The Hall–Kier alpha value is -2.72. The van der Waals surface area contributed by atoms with Gasteiger partial charge in [0.05, 0.1) is 17.5 Å². The zero-order chi connectivity index (χ0) is 22.1. The average Bonchev–Trinajstić information content (AvgIpc) is 2.87. The first-order valence-electron chi connectivity index (χ1n) is 12.0. The van der Waals surface area contributed by atoms with Crippen LogP contribution in [0.4, 0.5) is 0 Å². The van der Waals surface area contributed by atoms with E-state index in [9.17, 15) is 4.79 Å². The fourth-order valence-electron chi connectivity index (χ4n) is 5.78. The molecule has 2 unspecified atom stereocenters. The minimum atomic E-state index is -0.300. The molecule has 166 valence electrons. The summed E-state index contributed by atoms with van der Waals surface area (Å²) in [5.41, 5.74) is 3.02. The Bertz CT molecular complexity index is 1080. The Morgan fingerprint density at radius 3 is 2.66 bits per heavy atom. The molecule has 0 aliphatic carbocycles. The van der Waals surface area contributed by atoms with Crippen LogP contribution in [0.3, 0.4) is 0 Å². The van der Waals surface area contributed by atoms with Crippen LogP contribution in [0.5, 0.6) is 0 Å². The predicted octanol–water partition coefficient (Wildman–Crippen LogP) is 5.74. The molecule has 3 saturated heterocycles. The van der Waals surface area contributed by atoms with Crippen LogP contribution in [0.25, 0.3) is 10.9 Å². The standard InChI is InChI=1S/C28H32N2O2/c1-3-20-18-30-16-14-22(20)17-26(30)27(24-13-15-29-25-12-8-7-11-23(24)25)32-28(31)19(2)21-9-5-4-6-10-21/h4-13,15,19-20,22,26-27H,3,14,16-18H2,1-2H3/t19?,20-,22-,26-,27+/m0/s1. The van der Waals surface area contributed by atoms with Gasteiger partial charge in [0.1, 0.15) is 6.10 Å². The van der Waals surface area contributed by atoms with Crippen molar-refractivity contribution < 1.29 is 9.53 Å². The fourth-order valence-corrected chi connectivity index (χ4v) is 5.78. The number of hydrogen-bond acceptors (Lipinski definition) is 4. The van der Waals surface area contributed by atoms with E-state index < -0.39 is 0 Å². The number of ether oxygens (including phenoxy) is 1. The summed E-state index contributed by atoms with van der Waals surface area (Å²) >= 11 is 0. The van der Waals surface area contributed by atoms with Gasteiger partial charge in [0, 0.05) is 23.7 Å². The molecule has 0 N–H and O–H groups in total. The van der Waals surface area contributed by atoms with Crippen molar-refractivity contribution in [3.63, 3.8) is 0 Å². The summed E-state index contributed by atoms with van der Waals surface area (Å²) in [5, 5.41) is 1.08. The molecule has 0 radical (unpaired) electrons. The Morgan fingerprint density at radius 2 is 1.91 bits per heavy atom. The zero-order valence-corrected chi connectivity index (χ0v) is 19.0. The minimum absolute atomic E-state index is 0.156. The number of nitrogens with zero attached hydrogens (tertiary/aromatic N) is 2. The number of fused-ring (bicyclic) bond motifs is 4. The Labute approximate surface area is 190 Å². The van der Waals surface area contributed by atoms with E-state index >= 15 is 0 Å². The molecule has 6 atom stereocenters. The van der Waals surface area contributed by atoms with Crippen LogP contribution in [0.2, 0.25) is 0 Å². The van der Waals surface area contributed by atoms with E-state index in [1.807, 2.05) is 67.7 Å². The molecule has 2 aromatic carbocycles. The van der Waals surface area contributed by atoms with Crippen LogP contribution >= 0.6 is 0 Å². The second kappa shape index (κ2) is 9.03. The number of piperidine rings is 3. The molecule has 4 heteroatoms. The highest BCUT2D eigenvalue weighted by atomic mass is 16.5. The van der Waals surface area contributed by atoms with Crippen molar-refractivity contribution in [1.82, 2.24) is 9.88 Å². The van der Waals surface area contributed by atoms with Gasteiger partial charge in [0.2, 0.25) is 0 Å². The van der Waals surface area contributed by atoms with E-state index in [4.69, 9.17) is 4.74 Å². The Morgan fingerprint density at radius 1 is 1.12 bits per heavy atom. The van der Waals surface area contributed by atoms with Gasteiger partial charge >= 0.3 is 5.97 Å². The first-order valence-corrected chi connectivity index (χ1v) is 12.0. The van der Waals surface area contributed by atoms with Gasteiger partial charge in [-0.2, -0.15) is 0 Å². The number of hydrogen-bond donors (Lipinski definition) is 0. The molecule has 3 aliphatic heterocycles. The van der Waals surface area contributed by atoms with Crippen LogP contribution in [-0.2, 0) is 9.53 Å². The van der Waals surface area contributed by atoms with Crippen LogP contribution in [0.15, 0.2) is 66.9 Å². The zero-order valence-electron chi connectivity index (χ0n) is 19.0. The molecule has 32 heavy (non-hydrogen) atoms. The third kappa shape index (κ3) is 3.93. The average molecular weight is 429 g/mol. The molecule has 4 heterocycles. The van der Waals surface area contributed by atoms with Crippen molar-refractivity contribution in [1.29, 1.82) is 0 Å². The van der Waals surface area contributed by atoms with E-state index in [1.54, 1.807) is 0 Å². The third-order valence-corrected chi connectivity index (χ3v) is 7.70. The van der Waals surface area contributed by atoms with Crippen molar-refractivity contribution in [3.05, 3.63) is 78.0 Å². The van der Waals surface area contributed by atoms with Crippen molar-refractivity contribution in [2.75, 3.05) is 13.1 Å². The lowest BCUT2D eigenvalue weighted by Crippen LogP contribution is -2.55. The number of rotatable bonds is 6. The summed E-state index contributed by atoms with van der Waals surface area (Å²) in [7, 11) is 0. The summed E-state index contributed by atoms with van der Waals surface area (Å²) in [6, 6.07) is 20.4. The third-order valence-electron chi connectivity index (χ3n) is 7.70. The van der Waals surface area contributed by atoms with Crippen LogP contribution in [0, 0.1) is 11.8 Å². The maximum Gasteiger partial charge on any atom is 0.313 e.